The van der Waals surface area contributed by atoms with E-state index in [1.807, 2.05) is 45.0 Å². The highest BCUT2D eigenvalue weighted by atomic mass is 16.2. The maximum absolute atomic E-state index is 13.0. The molecule has 1 heterocycles. The fourth-order valence-corrected chi connectivity index (χ4v) is 2.79. The van der Waals surface area contributed by atoms with Crippen LogP contribution in [0.5, 0.6) is 0 Å². The van der Waals surface area contributed by atoms with Gasteiger partial charge in [0.15, 0.2) is 0 Å². The van der Waals surface area contributed by atoms with Crippen LogP contribution in [-0.2, 0) is 16.0 Å². The van der Waals surface area contributed by atoms with Gasteiger partial charge in [0.2, 0.25) is 11.8 Å². The summed E-state index contributed by atoms with van der Waals surface area (Å²) in [6, 6.07) is 8.01. The fraction of sp³-hybridized carbons (Fsp3) is 0.556. The maximum atomic E-state index is 13.0. The lowest BCUT2D eigenvalue weighted by Crippen LogP contribution is -2.51. The predicted octanol–water partition coefficient (Wildman–Crippen LogP) is 2.76. The van der Waals surface area contributed by atoms with E-state index in [-0.39, 0.29) is 17.9 Å². The number of hydrogen-bond acceptors (Lipinski definition) is 2. The Kier molecular flexibility index (Phi) is 4.59. The summed E-state index contributed by atoms with van der Waals surface area (Å²) in [4.78, 5) is 27.2. The summed E-state index contributed by atoms with van der Waals surface area (Å²) in [6.07, 6.45) is 0.839. The SMILES string of the molecule is CC(C)CNC(=O)C(C)(C)C(=O)N1c2ccccc2CC1C. The van der Waals surface area contributed by atoms with Gasteiger partial charge in [-0.1, -0.05) is 32.0 Å². The smallest absolute Gasteiger partial charge is 0.242 e. The summed E-state index contributed by atoms with van der Waals surface area (Å²) in [5, 5.41) is 2.88. The average molecular weight is 302 g/mol. The molecule has 0 spiro atoms. The molecule has 1 N–H and O–H groups in total. The van der Waals surface area contributed by atoms with Crippen molar-refractivity contribution < 1.29 is 9.59 Å². The van der Waals surface area contributed by atoms with Crippen LogP contribution in [0.3, 0.4) is 0 Å². The first-order valence-corrected chi connectivity index (χ1v) is 7.95. The molecule has 120 valence electrons. The van der Waals surface area contributed by atoms with Crippen LogP contribution in [0.2, 0.25) is 0 Å². The third-order valence-corrected chi connectivity index (χ3v) is 4.20. The second kappa shape index (κ2) is 6.11. The van der Waals surface area contributed by atoms with Crippen LogP contribution in [0.1, 0.15) is 40.2 Å². The van der Waals surface area contributed by atoms with Gasteiger partial charge in [-0.2, -0.15) is 0 Å². The Balaban J connectivity index is 2.21. The molecule has 4 nitrogen and oxygen atoms in total. The van der Waals surface area contributed by atoms with E-state index < -0.39 is 5.41 Å². The van der Waals surface area contributed by atoms with Crippen molar-refractivity contribution in [2.75, 3.05) is 11.4 Å². The lowest BCUT2D eigenvalue weighted by Gasteiger charge is -2.31. The summed E-state index contributed by atoms with van der Waals surface area (Å²) in [6.45, 7) is 10.1. The first-order chi connectivity index (χ1) is 10.2. The van der Waals surface area contributed by atoms with Crippen molar-refractivity contribution in [2.45, 2.75) is 47.1 Å². The van der Waals surface area contributed by atoms with Gasteiger partial charge < -0.3 is 10.2 Å². The van der Waals surface area contributed by atoms with E-state index >= 15 is 0 Å². The molecule has 1 atom stereocenters. The zero-order chi connectivity index (χ0) is 16.5. The van der Waals surface area contributed by atoms with Crippen molar-refractivity contribution in [1.29, 1.82) is 0 Å². The number of fused-ring (bicyclic) bond motifs is 1. The molecule has 0 saturated carbocycles. The highest BCUT2D eigenvalue weighted by Crippen LogP contribution is 2.35. The Morgan fingerprint density at radius 1 is 1.32 bits per heavy atom. The van der Waals surface area contributed by atoms with Gasteiger partial charge in [-0.05, 0) is 44.7 Å². The van der Waals surface area contributed by atoms with Crippen LogP contribution in [-0.4, -0.2) is 24.4 Å². The molecule has 2 rings (SSSR count). The number of nitrogens with one attached hydrogen (secondary N) is 1. The number of anilines is 1. The molecule has 1 aliphatic rings. The number of amides is 2. The first kappa shape index (κ1) is 16.5. The van der Waals surface area contributed by atoms with Crippen molar-refractivity contribution in [1.82, 2.24) is 5.32 Å². The van der Waals surface area contributed by atoms with Crippen LogP contribution < -0.4 is 10.2 Å². The lowest BCUT2D eigenvalue weighted by atomic mass is 9.89. The van der Waals surface area contributed by atoms with Crippen molar-refractivity contribution >= 4 is 17.5 Å². The molecule has 0 radical (unpaired) electrons. The zero-order valence-corrected chi connectivity index (χ0v) is 14.1. The molecule has 22 heavy (non-hydrogen) atoms. The van der Waals surface area contributed by atoms with Gasteiger partial charge >= 0.3 is 0 Å². The van der Waals surface area contributed by atoms with Gasteiger partial charge in [-0.3, -0.25) is 9.59 Å². The highest BCUT2D eigenvalue weighted by molar-refractivity contribution is 6.12. The van der Waals surface area contributed by atoms with Crippen LogP contribution in [0, 0.1) is 11.3 Å². The molecule has 0 aromatic heterocycles. The maximum Gasteiger partial charge on any atom is 0.242 e. The molecule has 1 unspecified atom stereocenters. The van der Waals surface area contributed by atoms with Gasteiger partial charge in [0.25, 0.3) is 0 Å². The summed E-state index contributed by atoms with van der Waals surface area (Å²) in [5.41, 5.74) is 1.03. The van der Waals surface area contributed by atoms with Crippen molar-refractivity contribution in [3.63, 3.8) is 0 Å². The number of para-hydroxylation sites is 1. The average Bonchev–Trinajstić information content (AvgIpc) is 2.79. The van der Waals surface area contributed by atoms with E-state index in [0.29, 0.717) is 12.5 Å². The molecular weight excluding hydrogens is 276 g/mol. The molecule has 1 aromatic rings. The molecule has 1 aliphatic heterocycles. The Morgan fingerprint density at radius 2 is 1.95 bits per heavy atom. The van der Waals surface area contributed by atoms with E-state index in [1.54, 1.807) is 18.7 Å². The minimum Gasteiger partial charge on any atom is -0.355 e. The van der Waals surface area contributed by atoms with Crippen LogP contribution in [0.4, 0.5) is 5.69 Å². The number of benzene rings is 1. The molecule has 0 saturated heterocycles. The van der Waals surface area contributed by atoms with E-state index in [1.165, 1.54) is 5.56 Å². The zero-order valence-electron chi connectivity index (χ0n) is 14.1. The number of nitrogens with zero attached hydrogens (tertiary/aromatic N) is 1. The second-order valence-corrected chi connectivity index (χ2v) is 7.09. The number of carbonyl (C=O) groups excluding carboxylic acids is 2. The summed E-state index contributed by atoms with van der Waals surface area (Å²) >= 11 is 0. The molecule has 2 amide bonds. The monoisotopic (exact) mass is 302 g/mol. The van der Waals surface area contributed by atoms with E-state index in [4.69, 9.17) is 0 Å². The van der Waals surface area contributed by atoms with Crippen molar-refractivity contribution in [2.24, 2.45) is 11.3 Å². The summed E-state index contributed by atoms with van der Waals surface area (Å²) in [7, 11) is 0. The normalized spacial score (nSPS) is 17.5. The molecule has 4 heteroatoms. The molecule has 0 fully saturated rings. The topological polar surface area (TPSA) is 49.4 Å². The fourth-order valence-electron chi connectivity index (χ4n) is 2.79. The van der Waals surface area contributed by atoms with Gasteiger partial charge in [0.1, 0.15) is 5.41 Å². The Labute approximate surface area is 132 Å². The van der Waals surface area contributed by atoms with Gasteiger partial charge in [-0.15, -0.1) is 0 Å². The van der Waals surface area contributed by atoms with Crippen LogP contribution in [0.25, 0.3) is 0 Å². The van der Waals surface area contributed by atoms with E-state index in [2.05, 4.69) is 5.32 Å². The quantitative estimate of drug-likeness (QED) is 0.870. The van der Waals surface area contributed by atoms with Crippen LogP contribution >= 0.6 is 0 Å². The largest absolute Gasteiger partial charge is 0.355 e. The highest BCUT2D eigenvalue weighted by Gasteiger charge is 2.43. The predicted molar refractivity (Wildman–Crippen MR) is 88.7 cm³/mol. The Hall–Kier alpha value is -1.84. The second-order valence-electron chi connectivity index (χ2n) is 7.09. The van der Waals surface area contributed by atoms with E-state index in [9.17, 15) is 9.59 Å². The summed E-state index contributed by atoms with van der Waals surface area (Å²) < 4.78 is 0. The first-order valence-electron chi connectivity index (χ1n) is 7.95. The molecule has 1 aromatic carbocycles. The summed E-state index contributed by atoms with van der Waals surface area (Å²) in [5.74, 6) is 0.0234. The van der Waals surface area contributed by atoms with Gasteiger partial charge in [0.05, 0.1) is 0 Å². The lowest BCUT2D eigenvalue weighted by molar-refractivity contribution is -0.140. The molecule has 0 bridgehead atoms. The molecular formula is C18H26N2O2. The van der Waals surface area contributed by atoms with Crippen molar-refractivity contribution in [3.8, 4) is 0 Å². The molecule has 0 aliphatic carbocycles. The minimum atomic E-state index is -1.07. The van der Waals surface area contributed by atoms with Crippen LogP contribution in [0.15, 0.2) is 24.3 Å². The van der Waals surface area contributed by atoms with E-state index in [0.717, 1.165) is 12.1 Å². The third kappa shape index (κ3) is 3.01. The Bertz CT molecular complexity index is 578. The van der Waals surface area contributed by atoms with Crippen molar-refractivity contribution in [3.05, 3.63) is 29.8 Å². The minimum absolute atomic E-state index is 0.0853. The number of carbonyl (C=O) groups is 2. The number of rotatable bonds is 4. The third-order valence-electron chi connectivity index (χ3n) is 4.20. The number of hydrogen-bond donors (Lipinski definition) is 1. The Morgan fingerprint density at radius 3 is 2.59 bits per heavy atom. The van der Waals surface area contributed by atoms with Gasteiger partial charge in [0, 0.05) is 18.3 Å². The standard InChI is InChI=1S/C18H26N2O2/c1-12(2)11-19-16(21)18(4,5)17(22)20-13(3)10-14-8-6-7-9-15(14)20/h6-9,12-13H,10-11H2,1-5H3,(H,19,21). The van der Waals surface area contributed by atoms with Gasteiger partial charge in [-0.25, -0.2) is 0 Å².